The molecule has 0 aliphatic heterocycles. The molecule has 5 aromatic rings. The number of pyridine rings is 1. The smallest absolute Gasteiger partial charge is 0.266 e. The summed E-state index contributed by atoms with van der Waals surface area (Å²) in [5.41, 5.74) is 3.52. The molecule has 3 heterocycles. The maximum Gasteiger partial charge on any atom is 0.266 e. The van der Waals surface area contributed by atoms with Gasteiger partial charge < -0.3 is 0 Å². The summed E-state index contributed by atoms with van der Waals surface area (Å²) in [7, 11) is 0. The van der Waals surface area contributed by atoms with Crippen LogP contribution in [0, 0.1) is 0 Å². The lowest BCUT2D eigenvalue weighted by Crippen LogP contribution is -2.22. The highest BCUT2D eigenvalue weighted by Crippen LogP contribution is 2.24. The Balaban J connectivity index is 1.58. The van der Waals surface area contributed by atoms with E-state index in [1.807, 2.05) is 48.5 Å². The summed E-state index contributed by atoms with van der Waals surface area (Å²) in [5, 5.41) is 1.12. The van der Waals surface area contributed by atoms with Crippen LogP contribution < -0.4 is 11.1 Å². The van der Waals surface area contributed by atoms with Gasteiger partial charge in [0.2, 0.25) is 0 Å². The molecule has 0 saturated carbocycles. The minimum atomic E-state index is -0.157. The number of thioether (sulfide) groups is 1. The van der Waals surface area contributed by atoms with Gasteiger partial charge in [-0.25, -0.2) is 9.97 Å². The van der Waals surface area contributed by atoms with Crippen LogP contribution in [-0.2, 0) is 12.2 Å². The quantitative estimate of drug-likeness (QED) is 0.241. The number of rotatable bonds is 5. The van der Waals surface area contributed by atoms with Crippen molar-refractivity contribution in [2.75, 3.05) is 0 Å². The summed E-state index contributed by atoms with van der Waals surface area (Å²) in [6, 6.07) is 20.4. The molecule has 6 nitrogen and oxygen atoms in total. The van der Waals surface area contributed by atoms with Crippen molar-refractivity contribution in [3.63, 3.8) is 0 Å². The van der Waals surface area contributed by atoms with Crippen LogP contribution in [0.25, 0.3) is 22.2 Å². The Kier molecular flexibility index (Phi) is 5.86. The molecule has 0 bridgehead atoms. The van der Waals surface area contributed by atoms with Gasteiger partial charge in [-0.15, -0.1) is 0 Å². The third-order valence-electron chi connectivity index (χ3n) is 5.37. The van der Waals surface area contributed by atoms with E-state index in [1.54, 1.807) is 22.9 Å². The molecule has 0 atom stereocenters. The van der Waals surface area contributed by atoms with Crippen LogP contribution in [0.4, 0.5) is 0 Å². The molecule has 0 unspecified atom stereocenters. The molecule has 8 heteroatoms. The number of hydrogen-bond acceptors (Lipinski definition) is 5. The van der Waals surface area contributed by atoms with Gasteiger partial charge in [0.1, 0.15) is 5.65 Å². The molecule has 0 radical (unpaired) electrons. The van der Waals surface area contributed by atoms with E-state index in [2.05, 4.69) is 27.8 Å². The number of aryl methyl sites for hydroxylation is 1. The molecule has 3 aromatic heterocycles. The van der Waals surface area contributed by atoms with Gasteiger partial charge in [0.05, 0.1) is 22.3 Å². The molecular weight excluding hydrogens is 500 g/mol. The van der Waals surface area contributed by atoms with Gasteiger partial charge in [0.15, 0.2) is 5.16 Å². The molecule has 0 amide bonds. The number of halogens is 1. The van der Waals surface area contributed by atoms with E-state index < -0.39 is 0 Å². The molecule has 164 valence electrons. The van der Waals surface area contributed by atoms with Gasteiger partial charge in [-0.1, -0.05) is 43.0 Å². The highest BCUT2D eigenvalue weighted by molar-refractivity contribution is 9.10. The standard InChI is InChI=1S/C25H19BrN4O2S/c1-2-16-7-10-19(11-8-16)30-24(32)20-5-3-4-6-21(20)28-25(30)33-15-18-13-23(31)29-14-17(26)9-12-22(29)27-18/h3-14H,2,15H2,1H3. The first kappa shape index (κ1) is 21.6. The van der Waals surface area contributed by atoms with Crippen molar-refractivity contribution in [2.45, 2.75) is 24.3 Å². The first-order valence-corrected chi connectivity index (χ1v) is 12.2. The fourth-order valence-corrected chi connectivity index (χ4v) is 4.90. The van der Waals surface area contributed by atoms with E-state index in [4.69, 9.17) is 4.98 Å². The van der Waals surface area contributed by atoms with Crippen LogP contribution in [0.1, 0.15) is 18.2 Å². The van der Waals surface area contributed by atoms with E-state index in [-0.39, 0.29) is 11.1 Å². The largest absolute Gasteiger partial charge is 0.269 e. The molecule has 0 spiro atoms. The Labute approximate surface area is 202 Å². The summed E-state index contributed by atoms with van der Waals surface area (Å²) in [6.45, 7) is 2.10. The summed E-state index contributed by atoms with van der Waals surface area (Å²) >= 11 is 4.77. The SMILES string of the molecule is CCc1ccc(-n2c(SCc3cc(=O)n4cc(Br)ccc4n3)nc3ccccc3c2=O)cc1. The fourth-order valence-electron chi connectivity index (χ4n) is 3.66. The predicted octanol–water partition coefficient (Wildman–Crippen LogP) is 5.01. The molecule has 0 aliphatic carbocycles. The second-order valence-corrected chi connectivity index (χ2v) is 9.38. The average Bonchev–Trinajstić information content (AvgIpc) is 2.83. The average molecular weight is 519 g/mol. The van der Waals surface area contributed by atoms with Crippen molar-refractivity contribution in [3.05, 3.63) is 109 Å². The van der Waals surface area contributed by atoms with E-state index in [9.17, 15) is 9.59 Å². The predicted molar refractivity (Wildman–Crippen MR) is 135 cm³/mol. The second-order valence-electron chi connectivity index (χ2n) is 7.52. The summed E-state index contributed by atoms with van der Waals surface area (Å²) in [5.74, 6) is 0.402. The highest BCUT2D eigenvalue weighted by atomic mass is 79.9. The molecular formula is C25H19BrN4O2S. The highest BCUT2D eigenvalue weighted by Gasteiger charge is 2.14. The van der Waals surface area contributed by atoms with Crippen LogP contribution in [-0.4, -0.2) is 18.9 Å². The van der Waals surface area contributed by atoms with Crippen LogP contribution in [0.2, 0.25) is 0 Å². The maximum absolute atomic E-state index is 13.4. The van der Waals surface area contributed by atoms with Crippen molar-refractivity contribution in [3.8, 4) is 5.69 Å². The molecule has 0 N–H and O–H groups in total. The van der Waals surface area contributed by atoms with E-state index in [1.165, 1.54) is 27.8 Å². The number of aromatic nitrogens is 4. The molecule has 0 saturated heterocycles. The van der Waals surface area contributed by atoms with Crippen LogP contribution in [0.5, 0.6) is 0 Å². The van der Waals surface area contributed by atoms with E-state index in [0.29, 0.717) is 33.2 Å². The monoisotopic (exact) mass is 518 g/mol. The first-order chi connectivity index (χ1) is 16.0. The zero-order valence-electron chi connectivity index (χ0n) is 17.7. The number of benzene rings is 2. The minimum absolute atomic E-state index is 0.122. The lowest BCUT2D eigenvalue weighted by molar-refractivity contribution is 0.818. The second kappa shape index (κ2) is 8.96. The summed E-state index contributed by atoms with van der Waals surface area (Å²) < 4.78 is 3.94. The Morgan fingerprint density at radius 3 is 2.55 bits per heavy atom. The minimum Gasteiger partial charge on any atom is -0.269 e. The van der Waals surface area contributed by atoms with Crippen molar-refractivity contribution in [2.24, 2.45) is 0 Å². The Morgan fingerprint density at radius 2 is 1.76 bits per heavy atom. The van der Waals surface area contributed by atoms with Crippen LogP contribution in [0.3, 0.4) is 0 Å². The number of hydrogen-bond donors (Lipinski definition) is 0. The number of fused-ring (bicyclic) bond motifs is 2. The Morgan fingerprint density at radius 1 is 0.970 bits per heavy atom. The van der Waals surface area contributed by atoms with Gasteiger partial charge >= 0.3 is 0 Å². The lowest BCUT2D eigenvalue weighted by atomic mass is 10.1. The first-order valence-electron chi connectivity index (χ1n) is 10.5. The topological polar surface area (TPSA) is 69.3 Å². The van der Waals surface area contributed by atoms with Crippen LogP contribution >= 0.6 is 27.7 Å². The molecule has 0 fully saturated rings. The Hall–Kier alpha value is -3.23. The number of para-hydroxylation sites is 1. The third-order valence-corrected chi connectivity index (χ3v) is 6.81. The van der Waals surface area contributed by atoms with Crippen molar-refractivity contribution in [1.82, 2.24) is 18.9 Å². The van der Waals surface area contributed by atoms with Gasteiger partial charge in [0.25, 0.3) is 11.1 Å². The third kappa shape index (κ3) is 4.24. The van der Waals surface area contributed by atoms with Gasteiger partial charge in [-0.3, -0.25) is 18.6 Å². The van der Waals surface area contributed by atoms with Gasteiger partial charge in [-0.05, 0) is 64.3 Å². The van der Waals surface area contributed by atoms with Crippen LogP contribution in [0.15, 0.2) is 92.1 Å². The van der Waals surface area contributed by atoms with E-state index >= 15 is 0 Å². The fraction of sp³-hybridized carbons (Fsp3) is 0.120. The maximum atomic E-state index is 13.4. The van der Waals surface area contributed by atoms with Crippen molar-refractivity contribution in [1.29, 1.82) is 0 Å². The zero-order chi connectivity index (χ0) is 22.9. The Bertz CT molecular complexity index is 1610. The zero-order valence-corrected chi connectivity index (χ0v) is 20.1. The number of nitrogens with zero attached hydrogens (tertiary/aromatic N) is 4. The summed E-state index contributed by atoms with van der Waals surface area (Å²) in [4.78, 5) is 35.4. The molecule has 5 rings (SSSR count). The lowest BCUT2D eigenvalue weighted by Gasteiger charge is -2.13. The van der Waals surface area contributed by atoms with Gasteiger partial charge in [0, 0.05) is 22.5 Å². The van der Waals surface area contributed by atoms with Crippen molar-refractivity contribution >= 4 is 44.2 Å². The molecule has 0 aliphatic rings. The van der Waals surface area contributed by atoms with Crippen molar-refractivity contribution < 1.29 is 0 Å². The van der Waals surface area contributed by atoms with E-state index in [0.717, 1.165) is 16.6 Å². The van der Waals surface area contributed by atoms with Gasteiger partial charge in [-0.2, -0.15) is 0 Å². The normalized spacial score (nSPS) is 11.3. The summed E-state index contributed by atoms with van der Waals surface area (Å²) in [6.07, 6.45) is 2.62. The molecule has 33 heavy (non-hydrogen) atoms. The molecule has 2 aromatic carbocycles.